The van der Waals surface area contributed by atoms with Crippen molar-refractivity contribution in [2.75, 3.05) is 13.7 Å². The van der Waals surface area contributed by atoms with E-state index in [2.05, 4.69) is 50.0 Å². The fraction of sp³-hybridized carbons (Fsp3) is 0.256. The first-order valence-electron chi connectivity index (χ1n) is 15.4. The second-order valence-corrected chi connectivity index (χ2v) is 12.3. The average molecular weight is 601 g/mol. The number of ether oxygens (including phenoxy) is 2. The van der Waals surface area contributed by atoms with Crippen molar-refractivity contribution in [3.05, 3.63) is 126 Å². The Labute approximate surface area is 265 Å². The SMILES string of the molecule is CCCN(C(=O)c1cc2ccc(Oc3ccc(C(C)(C)C)cc3)cc2cn1)[C@@H](Cc1ccc(-c2ccccc2)cc1)C(=O)OC. The molecule has 1 atom stereocenters. The van der Waals surface area contributed by atoms with Crippen LogP contribution in [0, 0.1) is 0 Å². The van der Waals surface area contributed by atoms with E-state index in [1.54, 1.807) is 17.2 Å². The first kappa shape index (κ1) is 31.5. The zero-order valence-corrected chi connectivity index (χ0v) is 26.6. The average Bonchev–Trinajstić information content (AvgIpc) is 3.06. The van der Waals surface area contributed by atoms with Crippen molar-refractivity contribution in [3.63, 3.8) is 0 Å². The predicted molar refractivity (Wildman–Crippen MR) is 180 cm³/mol. The number of nitrogens with zero attached hydrogens (tertiary/aromatic N) is 2. The minimum atomic E-state index is -0.789. The molecule has 1 aromatic heterocycles. The number of hydrogen-bond acceptors (Lipinski definition) is 5. The number of hydrogen-bond donors (Lipinski definition) is 0. The van der Waals surface area contributed by atoms with Crippen molar-refractivity contribution < 1.29 is 19.1 Å². The Morgan fingerprint density at radius 1 is 0.800 bits per heavy atom. The number of fused-ring (bicyclic) bond motifs is 1. The molecule has 0 aliphatic rings. The fourth-order valence-corrected chi connectivity index (χ4v) is 5.39. The monoisotopic (exact) mass is 600 g/mol. The lowest BCUT2D eigenvalue weighted by Crippen LogP contribution is -2.47. The largest absolute Gasteiger partial charge is 0.467 e. The number of benzene rings is 4. The molecule has 230 valence electrons. The van der Waals surface area contributed by atoms with E-state index in [1.807, 2.05) is 79.7 Å². The zero-order valence-electron chi connectivity index (χ0n) is 26.6. The third kappa shape index (κ3) is 7.58. The van der Waals surface area contributed by atoms with Gasteiger partial charge in [-0.15, -0.1) is 0 Å². The number of aromatic nitrogens is 1. The van der Waals surface area contributed by atoms with Gasteiger partial charge in [0.1, 0.15) is 23.2 Å². The van der Waals surface area contributed by atoms with E-state index in [1.165, 1.54) is 12.7 Å². The van der Waals surface area contributed by atoms with E-state index < -0.39 is 12.0 Å². The highest BCUT2D eigenvalue weighted by molar-refractivity contribution is 5.98. The van der Waals surface area contributed by atoms with E-state index in [0.29, 0.717) is 25.1 Å². The quantitative estimate of drug-likeness (QED) is 0.150. The summed E-state index contributed by atoms with van der Waals surface area (Å²) in [6.07, 6.45) is 2.69. The van der Waals surface area contributed by atoms with Crippen molar-refractivity contribution in [2.24, 2.45) is 0 Å². The minimum Gasteiger partial charge on any atom is -0.467 e. The van der Waals surface area contributed by atoms with E-state index in [4.69, 9.17) is 9.47 Å². The summed E-state index contributed by atoms with van der Waals surface area (Å²) in [6, 6.07) is 33.0. The highest BCUT2D eigenvalue weighted by atomic mass is 16.5. The Bertz CT molecular complexity index is 1760. The van der Waals surface area contributed by atoms with E-state index >= 15 is 0 Å². The number of esters is 1. The lowest BCUT2D eigenvalue weighted by atomic mass is 9.87. The topological polar surface area (TPSA) is 68.7 Å². The standard InChI is InChI=1S/C39H40N2O4/c1-6-22-41(36(38(43)44-5)23-27-12-14-29(15-13-27)28-10-8-7-9-11-28)37(42)35-25-30-16-19-34(24-31(30)26-40-35)45-33-20-17-32(18-21-33)39(2,3)4/h7-21,24-26,36H,6,22-23H2,1-5H3/t36-/m0/s1. The van der Waals surface area contributed by atoms with Crippen LogP contribution in [0.4, 0.5) is 0 Å². The maximum atomic E-state index is 13.9. The molecule has 0 aliphatic heterocycles. The molecule has 0 aliphatic carbocycles. The molecule has 6 heteroatoms. The lowest BCUT2D eigenvalue weighted by molar-refractivity contribution is -0.146. The van der Waals surface area contributed by atoms with Crippen LogP contribution in [-0.4, -0.2) is 41.5 Å². The summed E-state index contributed by atoms with van der Waals surface area (Å²) in [4.78, 5) is 33.1. The smallest absolute Gasteiger partial charge is 0.328 e. The van der Waals surface area contributed by atoms with Crippen molar-refractivity contribution in [1.82, 2.24) is 9.88 Å². The summed E-state index contributed by atoms with van der Waals surface area (Å²) in [7, 11) is 1.36. The van der Waals surface area contributed by atoms with Gasteiger partial charge in [-0.3, -0.25) is 9.78 Å². The zero-order chi connectivity index (χ0) is 32.0. The van der Waals surface area contributed by atoms with Crippen molar-refractivity contribution in [2.45, 2.75) is 52.0 Å². The molecule has 0 unspecified atom stereocenters. The third-order valence-corrected chi connectivity index (χ3v) is 7.93. The molecule has 0 radical (unpaired) electrons. The number of methoxy groups -OCH3 is 1. The van der Waals surface area contributed by atoms with E-state index in [9.17, 15) is 9.59 Å². The van der Waals surface area contributed by atoms with Gasteiger partial charge >= 0.3 is 5.97 Å². The van der Waals surface area contributed by atoms with Crippen molar-refractivity contribution in [3.8, 4) is 22.6 Å². The molecule has 1 heterocycles. The van der Waals surface area contributed by atoms with Gasteiger partial charge in [-0.25, -0.2) is 4.79 Å². The molecule has 5 aromatic rings. The number of carbonyl (C=O) groups excluding carboxylic acids is 2. The molecule has 45 heavy (non-hydrogen) atoms. The summed E-state index contributed by atoms with van der Waals surface area (Å²) in [5.41, 5.74) is 4.72. The van der Waals surface area contributed by atoms with Crippen LogP contribution < -0.4 is 4.74 Å². The van der Waals surface area contributed by atoms with Gasteiger partial charge in [-0.1, -0.05) is 100 Å². The third-order valence-electron chi connectivity index (χ3n) is 7.93. The fourth-order valence-electron chi connectivity index (χ4n) is 5.39. The summed E-state index contributed by atoms with van der Waals surface area (Å²) >= 11 is 0. The molecule has 5 rings (SSSR count). The first-order valence-corrected chi connectivity index (χ1v) is 15.4. The van der Waals surface area contributed by atoms with Gasteiger partial charge < -0.3 is 14.4 Å². The van der Waals surface area contributed by atoms with Gasteiger partial charge in [0.05, 0.1) is 7.11 Å². The van der Waals surface area contributed by atoms with Crippen molar-refractivity contribution >= 4 is 22.6 Å². The normalized spacial score (nSPS) is 12.0. The molecular formula is C39H40N2O4. The molecule has 0 spiro atoms. The van der Waals surface area contributed by atoms with Gasteiger partial charge in [-0.2, -0.15) is 0 Å². The number of rotatable bonds is 10. The van der Waals surface area contributed by atoms with Crippen LogP contribution in [0.2, 0.25) is 0 Å². The van der Waals surface area contributed by atoms with E-state index in [-0.39, 0.29) is 17.0 Å². The molecule has 0 saturated carbocycles. The molecule has 0 saturated heterocycles. The summed E-state index contributed by atoms with van der Waals surface area (Å²) in [5, 5.41) is 1.70. The van der Waals surface area contributed by atoms with Crippen molar-refractivity contribution in [1.29, 1.82) is 0 Å². The molecule has 6 nitrogen and oxygen atoms in total. The Morgan fingerprint density at radius 3 is 2.11 bits per heavy atom. The van der Waals surface area contributed by atoms with Crippen LogP contribution in [0.1, 0.15) is 55.7 Å². The van der Waals surface area contributed by atoms with Crippen LogP contribution in [0.15, 0.2) is 109 Å². The number of amides is 1. The second kappa shape index (κ2) is 13.8. The maximum Gasteiger partial charge on any atom is 0.328 e. The molecule has 0 N–H and O–H groups in total. The van der Waals surface area contributed by atoms with Crippen LogP contribution in [0.5, 0.6) is 11.5 Å². The Morgan fingerprint density at radius 2 is 1.47 bits per heavy atom. The maximum absolute atomic E-state index is 13.9. The van der Waals surface area contributed by atoms with Gasteiger partial charge in [0.2, 0.25) is 0 Å². The molecule has 0 fully saturated rings. The first-order chi connectivity index (χ1) is 21.7. The lowest BCUT2D eigenvalue weighted by Gasteiger charge is -2.29. The van der Waals surface area contributed by atoms with Crippen LogP contribution in [0.3, 0.4) is 0 Å². The van der Waals surface area contributed by atoms with Gasteiger partial charge in [0, 0.05) is 24.5 Å². The van der Waals surface area contributed by atoms with Gasteiger partial charge in [0.15, 0.2) is 0 Å². The molecule has 0 bridgehead atoms. The number of carbonyl (C=O) groups is 2. The van der Waals surface area contributed by atoms with E-state index in [0.717, 1.165) is 33.2 Å². The van der Waals surface area contributed by atoms with Crippen LogP contribution in [0.25, 0.3) is 21.9 Å². The van der Waals surface area contributed by atoms with Crippen LogP contribution >= 0.6 is 0 Å². The summed E-state index contributed by atoms with van der Waals surface area (Å²) < 4.78 is 11.3. The number of pyridine rings is 1. The second-order valence-electron chi connectivity index (χ2n) is 12.3. The Kier molecular flexibility index (Phi) is 9.62. The Hall–Kier alpha value is -4.97. The van der Waals surface area contributed by atoms with Gasteiger partial charge in [0.25, 0.3) is 5.91 Å². The van der Waals surface area contributed by atoms with Crippen LogP contribution in [-0.2, 0) is 21.4 Å². The predicted octanol–water partition coefficient (Wildman–Crippen LogP) is 8.63. The summed E-state index contributed by atoms with van der Waals surface area (Å²) in [5.74, 6) is 0.667. The minimum absolute atomic E-state index is 0.0695. The van der Waals surface area contributed by atoms with Gasteiger partial charge in [-0.05, 0) is 69.8 Å². The molecule has 4 aromatic carbocycles. The molecular weight excluding hydrogens is 560 g/mol. The highest BCUT2D eigenvalue weighted by Gasteiger charge is 2.32. The highest BCUT2D eigenvalue weighted by Crippen LogP contribution is 2.29. The Balaban J connectivity index is 1.35. The molecule has 1 amide bonds. The summed E-state index contributed by atoms with van der Waals surface area (Å²) in [6.45, 7) is 8.91.